The van der Waals surface area contributed by atoms with Gasteiger partial charge in [-0.15, -0.1) is 12.4 Å². The van der Waals surface area contributed by atoms with Crippen molar-refractivity contribution in [1.29, 1.82) is 0 Å². The van der Waals surface area contributed by atoms with Crippen molar-refractivity contribution in [2.24, 2.45) is 5.73 Å². The largest absolute Gasteiger partial charge is 0.442 e. The zero-order chi connectivity index (χ0) is 11.5. The highest BCUT2D eigenvalue weighted by Crippen LogP contribution is 2.30. The number of nitrogens with zero attached hydrogens (tertiary/aromatic N) is 1. The van der Waals surface area contributed by atoms with Crippen LogP contribution >= 0.6 is 24.2 Å². The van der Waals surface area contributed by atoms with Gasteiger partial charge in [0.15, 0.2) is 0 Å². The lowest BCUT2D eigenvalue weighted by Gasteiger charge is -2.30. The average molecular weight is 279 g/mol. The molecular formula is C8H14ClF3N2OS. The summed E-state index contributed by atoms with van der Waals surface area (Å²) in [4.78, 5) is 12.8. The van der Waals surface area contributed by atoms with Gasteiger partial charge < -0.3 is 10.6 Å². The monoisotopic (exact) mass is 278 g/mol. The van der Waals surface area contributed by atoms with Crippen LogP contribution in [0.5, 0.6) is 0 Å². The summed E-state index contributed by atoms with van der Waals surface area (Å²) in [5.74, 6) is -0.983. The number of carbonyl (C=O) groups excluding carboxylic acids is 1. The minimum atomic E-state index is -4.33. The molecule has 0 aromatic heterocycles. The normalized spacial score (nSPS) is 18.1. The lowest BCUT2D eigenvalue weighted by Crippen LogP contribution is -2.43. The van der Waals surface area contributed by atoms with E-state index in [1.54, 1.807) is 0 Å². The standard InChI is InChI=1S/C8H13F3N2OS.ClH/c9-8(10,11)15-5-7(14)13-3-1-6(12)2-4-13;/h6H,1-5,12H2;1H. The Morgan fingerprint density at radius 2 is 1.88 bits per heavy atom. The molecule has 2 N–H and O–H groups in total. The van der Waals surface area contributed by atoms with E-state index >= 15 is 0 Å². The lowest BCUT2D eigenvalue weighted by atomic mass is 10.1. The van der Waals surface area contributed by atoms with Crippen LogP contribution in [0.3, 0.4) is 0 Å². The smallest absolute Gasteiger partial charge is 0.342 e. The molecule has 0 saturated carbocycles. The van der Waals surface area contributed by atoms with Crippen LogP contribution in [0.4, 0.5) is 13.2 Å². The number of likely N-dealkylation sites (tertiary alicyclic amines) is 1. The number of amides is 1. The first-order valence-corrected chi connectivity index (χ1v) is 5.61. The second kappa shape index (κ2) is 6.56. The van der Waals surface area contributed by atoms with Crippen molar-refractivity contribution < 1.29 is 18.0 Å². The van der Waals surface area contributed by atoms with Crippen LogP contribution in [0.1, 0.15) is 12.8 Å². The first-order chi connectivity index (χ1) is 6.88. The summed E-state index contributed by atoms with van der Waals surface area (Å²) in [6, 6.07) is 0.0734. The average Bonchev–Trinajstić information content (AvgIpc) is 2.14. The number of hydrogen-bond donors (Lipinski definition) is 1. The van der Waals surface area contributed by atoms with Crippen LogP contribution in [0.15, 0.2) is 0 Å². The van der Waals surface area contributed by atoms with Crippen LogP contribution in [0, 0.1) is 0 Å². The van der Waals surface area contributed by atoms with Gasteiger partial charge >= 0.3 is 5.51 Å². The number of hydrogen-bond acceptors (Lipinski definition) is 3. The Morgan fingerprint density at radius 1 is 1.38 bits per heavy atom. The van der Waals surface area contributed by atoms with Gasteiger partial charge in [0.1, 0.15) is 0 Å². The van der Waals surface area contributed by atoms with Gasteiger partial charge in [0.25, 0.3) is 0 Å². The highest BCUT2D eigenvalue weighted by Gasteiger charge is 2.31. The van der Waals surface area contributed by atoms with Gasteiger partial charge in [-0.1, -0.05) is 0 Å². The van der Waals surface area contributed by atoms with E-state index in [-0.39, 0.29) is 30.2 Å². The molecule has 0 bridgehead atoms. The minimum Gasteiger partial charge on any atom is -0.342 e. The van der Waals surface area contributed by atoms with E-state index in [9.17, 15) is 18.0 Å². The Kier molecular flexibility index (Phi) is 6.50. The highest BCUT2D eigenvalue weighted by atomic mass is 35.5. The number of carbonyl (C=O) groups is 1. The van der Waals surface area contributed by atoms with E-state index in [0.29, 0.717) is 25.9 Å². The SMILES string of the molecule is Cl.NC1CCN(C(=O)CSC(F)(F)F)CC1. The molecule has 3 nitrogen and oxygen atoms in total. The molecule has 96 valence electrons. The maximum absolute atomic E-state index is 11.8. The molecule has 1 aliphatic heterocycles. The number of rotatable bonds is 2. The van der Waals surface area contributed by atoms with E-state index in [2.05, 4.69) is 0 Å². The summed E-state index contributed by atoms with van der Waals surface area (Å²) in [7, 11) is 0. The molecule has 0 aliphatic carbocycles. The second-order valence-electron chi connectivity index (χ2n) is 3.45. The summed E-state index contributed by atoms with van der Waals surface area (Å²) in [5.41, 5.74) is 1.29. The summed E-state index contributed by atoms with van der Waals surface area (Å²) in [5, 5.41) is 0. The predicted molar refractivity (Wildman–Crippen MR) is 59.6 cm³/mol. The zero-order valence-electron chi connectivity index (χ0n) is 8.50. The van der Waals surface area contributed by atoms with E-state index < -0.39 is 17.2 Å². The van der Waals surface area contributed by atoms with E-state index in [1.807, 2.05) is 0 Å². The molecule has 0 unspecified atom stereocenters. The molecule has 1 amide bonds. The summed E-state index contributed by atoms with van der Waals surface area (Å²) >= 11 is -0.286. The van der Waals surface area contributed by atoms with Crippen molar-refractivity contribution in [3.63, 3.8) is 0 Å². The third-order valence-electron chi connectivity index (χ3n) is 2.25. The maximum Gasteiger partial charge on any atom is 0.442 e. The number of thioether (sulfide) groups is 1. The predicted octanol–water partition coefficient (Wildman–Crippen LogP) is 1.61. The van der Waals surface area contributed by atoms with Gasteiger partial charge in [0.2, 0.25) is 5.91 Å². The third kappa shape index (κ3) is 5.81. The molecule has 0 aromatic carbocycles. The first-order valence-electron chi connectivity index (χ1n) is 4.62. The molecule has 1 fully saturated rings. The van der Waals surface area contributed by atoms with Crippen molar-refractivity contribution >= 4 is 30.1 Å². The van der Waals surface area contributed by atoms with Crippen molar-refractivity contribution in [2.45, 2.75) is 24.4 Å². The van der Waals surface area contributed by atoms with Crippen molar-refractivity contribution in [1.82, 2.24) is 4.90 Å². The fourth-order valence-electron chi connectivity index (χ4n) is 1.38. The van der Waals surface area contributed by atoms with Crippen LogP contribution < -0.4 is 5.73 Å². The Labute approximate surface area is 102 Å². The molecule has 8 heteroatoms. The first kappa shape index (κ1) is 15.9. The fourth-order valence-corrected chi connectivity index (χ4v) is 1.85. The molecule has 1 rings (SSSR count). The summed E-state index contributed by atoms with van der Waals surface area (Å²) in [6.45, 7) is 0.941. The molecule has 0 radical (unpaired) electrons. The van der Waals surface area contributed by atoms with E-state index in [4.69, 9.17) is 5.73 Å². The van der Waals surface area contributed by atoms with Gasteiger partial charge in [0.05, 0.1) is 5.75 Å². The van der Waals surface area contributed by atoms with Crippen molar-refractivity contribution in [3.05, 3.63) is 0 Å². The van der Waals surface area contributed by atoms with Gasteiger partial charge in [0, 0.05) is 19.1 Å². The number of piperidine rings is 1. The summed E-state index contributed by atoms with van der Waals surface area (Å²) in [6.07, 6.45) is 1.34. The van der Waals surface area contributed by atoms with Crippen LogP contribution in [-0.4, -0.2) is 41.2 Å². The van der Waals surface area contributed by atoms with Crippen molar-refractivity contribution in [3.8, 4) is 0 Å². The molecule has 0 atom stereocenters. The highest BCUT2D eigenvalue weighted by molar-refractivity contribution is 8.00. The van der Waals surface area contributed by atoms with Gasteiger partial charge in [-0.05, 0) is 24.6 Å². The van der Waals surface area contributed by atoms with Gasteiger partial charge in [-0.25, -0.2) is 0 Å². The molecule has 1 saturated heterocycles. The Balaban J connectivity index is 0.00000225. The lowest BCUT2D eigenvalue weighted by molar-refractivity contribution is -0.129. The molecule has 1 aliphatic rings. The van der Waals surface area contributed by atoms with Crippen LogP contribution in [-0.2, 0) is 4.79 Å². The summed E-state index contributed by atoms with van der Waals surface area (Å²) < 4.78 is 35.5. The maximum atomic E-state index is 11.8. The zero-order valence-corrected chi connectivity index (χ0v) is 10.1. The minimum absolute atomic E-state index is 0. The molecule has 16 heavy (non-hydrogen) atoms. The van der Waals surface area contributed by atoms with Gasteiger partial charge in [-0.2, -0.15) is 13.2 Å². The Bertz CT molecular complexity index is 232. The van der Waals surface area contributed by atoms with Gasteiger partial charge in [-0.3, -0.25) is 4.79 Å². The Morgan fingerprint density at radius 3 is 2.31 bits per heavy atom. The molecular weight excluding hydrogens is 265 g/mol. The number of alkyl halides is 3. The third-order valence-corrected chi connectivity index (χ3v) is 2.97. The molecule has 1 heterocycles. The van der Waals surface area contributed by atoms with E-state index in [1.165, 1.54) is 4.90 Å². The quantitative estimate of drug-likeness (QED) is 0.835. The molecule has 0 spiro atoms. The number of halogens is 4. The fraction of sp³-hybridized carbons (Fsp3) is 0.875. The van der Waals surface area contributed by atoms with Crippen LogP contribution in [0.2, 0.25) is 0 Å². The van der Waals surface area contributed by atoms with E-state index in [0.717, 1.165) is 0 Å². The second-order valence-corrected chi connectivity index (χ2v) is 4.49. The van der Waals surface area contributed by atoms with Crippen molar-refractivity contribution in [2.75, 3.05) is 18.8 Å². The topological polar surface area (TPSA) is 46.3 Å². The number of nitrogens with two attached hydrogens (primary N) is 1. The molecule has 0 aromatic rings. The van der Waals surface area contributed by atoms with Crippen LogP contribution in [0.25, 0.3) is 0 Å². The Hall–Kier alpha value is -0.140.